The molecule has 0 aliphatic rings. The second kappa shape index (κ2) is 5.39. The van der Waals surface area contributed by atoms with Gasteiger partial charge in [0.15, 0.2) is 0 Å². The van der Waals surface area contributed by atoms with E-state index in [1.165, 1.54) is 0 Å². The molecule has 0 atom stereocenters. The minimum absolute atomic E-state index is 0.718. The molecule has 0 aliphatic heterocycles. The summed E-state index contributed by atoms with van der Waals surface area (Å²) in [6, 6.07) is 1.95. The highest BCUT2D eigenvalue weighted by molar-refractivity contribution is 5.52. The molecule has 0 unspecified atom stereocenters. The summed E-state index contributed by atoms with van der Waals surface area (Å²) in [5.74, 6) is 1.01. The number of nitrogens with two attached hydrogens (primary N) is 1. The Balaban J connectivity index is 2.64. The molecule has 3 nitrogen and oxygen atoms in total. The number of hydrogen-bond donors (Lipinski definition) is 1. The first-order valence-corrected chi connectivity index (χ1v) is 5.19. The van der Waals surface area contributed by atoms with Crippen molar-refractivity contribution in [2.24, 2.45) is 0 Å². The third kappa shape index (κ3) is 3.27. The smallest absolute Gasteiger partial charge is 0.131 e. The monoisotopic (exact) mass is 205 g/mol. The van der Waals surface area contributed by atoms with E-state index in [1.807, 2.05) is 19.1 Å². The number of allylic oxidation sites excluding steroid dienone is 1. The number of aryl methyl sites for hydroxylation is 1. The number of rotatable bonds is 5. The van der Waals surface area contributed by atoms with E-state index in [1.54, 1.807) is 6.20 Å². The Morgan fingerprint density at radius 3 is 2.93 bits per heavy atom. The molecule has 15 heavy (non-hydrogen) atoms. The minimum Gasteiger partial charge on any atom is -0.397 e. The van der Waals surface area contributed by atoms with E-state index in [0.717, 1.165) is 36.5 Å². The molecule has 2 N–H and O–H groups in total. The first-order valence-electron chi connectivity index (χ1n) is 5.19. The summed E-state index contributed by atoms with van der Waals surface area (Å²) in [6.45, 7) is 6.73. The maximum atomic E-state index is 5.66. The Morgan fingerprint density at radius 1 is 1.60 bits per heavy atom. The SMILES string of the molecule is C=CCCCN(C)c1ncc(N)cc1C. The Labute approximate surface area is 91.6 Å². The van der Waals surface area contributed by atoms with Crippen LogP contribution >= 0.6 is 0 Å². The van der Waals surface area contributed by atoms with Gasteiger partial charge in [0.1, 0.15) is 5.82 Å². The van der Waals surface area contributed by atoms with Crippen molar-refractivity contribution in [1.82, 2.24) is 4.98 Å². The van der Waals surface area contributed by atoms with Gasteiger partial charge in [-0.1, -0.05) is 6.08 Å². The second-order valence-corrected chi connectivity index (χ2v) is 3.76. The molecule has 1 heterocycles. The fourth-order valence-corrected chi connectivity index (χ4v) is 1.57. The summed E-state index contributed by atoms with van der Waals surface area (Å²) < 4.78 is 0. The number of anilines is 2. The molecular weight excluding hydrogens is 186 g/mol. The lowest BCUT2D eigenvalue weighted by Gasteiger charge is -2.19. The van der Waals surface area contributed by atoms with Crippen LogP contribution in [0.4, 0.5) is 11.5 Å². The van der Waals surface area contributed by atoms with E-state index in [-0.39, 0.29) is 0 Å². The fraction of sp³-hybridized carbons (Fsp3) is 0.417. The zero-order valence-corrected chi connectivity index (χ0v) is 9.53. The van der Waals surface area contributed by atoms with Crippen LogP contribution in [0.15, 0.2) is 24.9 Å². The van der Waals surface area contributed by atoms with Crippen molar-refractivity contribution in [1.29, 1.82) is 0 Å². The predicted molar refractivity (Wildman–Crippen MR) is 66.1 cm³/mol. The van der Waals surface area contributed by atoms with Crippen LogP contribution in [0.25, 0.3) is 0 Å². The van der Waals surface area contributed by atoms with Gasteiger partial charge in [-0.15, -0.1) is 6.58 Å². The summed E-state index contributed by atoms with van der Waals surface area (Å²) in [6.07, 6.45) is 5.79. The number of aromatic nitrogens is 1. The molecule has 0 fully saturated rings. The molecule has 0 aromatic carbocycles. The zero-order valence-electron chi connectivity index (χ0n) is 9.53. The lowest BCUT2D eigenvalue weighted by atomic mass is 10.2. The molecule has 3 heteroatoms. The number of nitrogens with zero attached hydrogens (tertiary/aromatic N) is 2. The van der Waals surface area contributed by atoms with Gasteiger partial charge in [0.2, 0.25) is 0 Å². The summed E-state index contributed by atoms with van der Waals surface area (Å²) in [4.78, 5) is 6.48. The second-order valence-electron chi connectivity index (χ2n) is 3.76. The first kappa shape index (κ1) is 11.6. The van der Waals surface area contributed by atoms with E-state index in [4.69, 9.17) is 5.73 Å². The zero-order chi connectivity index (χ0) is 11.3. The first-order chi connectivity index (χ1) is 7.15. The summed E-state index contributed by atoms with van der Waals surface area (Å²) in [7, 11) is 2.05. The molecule has 1 rings (SSSR count). The van der Waals surface area contributed by atoms with Crippen LogP contribution < -0.4 is 10.6 Å². The van der Waals surface area contributed by atoms with E-state index in [0.29, 0.717) is 0 Å². The van der Waals surface area contributed by atoms with Crippen LogP contribution in [0.1, 0.15) is 18.4 Å². The standard InChI is InChI=1S/C12H19N3/c1-4-5-6-7-15(3)12-10(2)8-11(13)9-14-12/h4,8-9H,1,5-7,13H2,2-3H3. The topological polar surface area (TPSA) is 42.2 Å². The maximum absolute atomic E-state index is 5.66. The van der Waals surface area contributed by atoms with Crippen molar-refractivity contribution < 1.29 is 0 Å². The van der Waals surface area contributed by atoms with Crippen molar-refractivity contribution >= 4 is 11.5 Å². The van der Waals surface area contributed by atoms with Crippen LogP contribution in [0.3, 0.4) is 0 Å². The number of unbranched alkanes of at least 4 members (excludes halogenated alkanes) is 1. The van der Waals surface area contributed by atoms with E-state index < -0.39 is 0 Å². The molecule has 0 amide bonds. The average molecular weight is 205 g/mol. The normalized spacial score (nSPS) is 10.0. The number of nitrogen functional groups attached to an aromatic ring is 1. The Hall–Kier alpha value is -1.51. The molecule has 1 aromatic rings. The highest BCUT2D eigenvalue weighted by Gasteiger charge is 2.05. The van der Waals surface area contributed by atoms with Gasteiger partial charge < -0.3 is 10.6 Å². The summed E-state index contributed by atoms with van der Waals surface area (Å²) in [5, 5.41) is 0. The van der Waals surface area contributed by atoms with Gasteiger partial charge in [-0.05, 0) is 31.4 Å². The Kier molecular flexibility index (Phi) is 4.16. The van der Waals surface area contributed by atoms with Gasteiger partial charge in [-0.25, -0.2) is 4.98 Å². The van der Waals surface area contributed by atoms with Gasteiger partial charge >= 0.3 is 0 Å². The predicted octanol–water partition coefficient (Wildman–Crippen LogP) is 2.37. The van der Waals surface area contributed by atoms with Crippen LogP contribution in [-0.4, -0.2) is 18.6 Å². The van der Waals surface area contributed by atoms with Crippen molar-refractivity contribution in [2.75, 3.05) is 24.2 Å². The Morgan fingerprint density at radius 2 is 2.33 bits per heavy atom. The number of hydrogen-bond acceptors (Lipinski definition) is 3. The summed E-state index contributed by atoms with van der Waals surface area (Å²) in [5.41, 5.74) is 7.49. The van der Waals surface area contributed by atoms with Gasteiger partial charge in [0.25, 0.3) is 0 Å². The van der Waals surface area contributed by atoms with Crippen LogP contribution in [0, 0.1) is 6.92 Å². The van der Waals surface area contributed by atoms with Crippen molar-refractivity contribution in [2.45, 2.75) is 19.8 Å². The third-order valence-corrected chi connectivity index (χ3v) is 2.34. The largest absolute Gasteiger partial charge is 0.397 e. The van der Waals surface area contributed by atoms with Crippen LogP contribution in [0.2, 0.25) is 0 Å². The van der Waals surface area contributed by atoms with Crippen molar-refractivity contribution in [3.05, 3.63) is 30.5 Å². The maximum Gasteiger partial charge on any atom is 0.131 e. The molecule has 0 spiro atoms. The highest BCUT2D eigenvalue weighted by Crippen LogP contribution is 2.17. The van der Waals surface area contributed by atoms with Gasteiger partial charge in [-0.2, -0.15) is 0 Å². The van der Waals surface area contributed by atoms with Gasteiger partial charge in [0.05, 0.1) is 11.9 Å². The van der Waals surface area contributed by atoms with Gasteiger partial charge in [-0.3, -0.25) is 0 Å². The lowest BCUT2D eigenvalue weighted by Crippen LogP contribution is -2.20. The minimum atomic E-state index is 0.718. The van der Waals surface area contributed by atoms with E-state index >= 15 is 0 Å². The van der Waals surface area contributed by atoms with Crippen LogP contribution in [0.5, 0.6) is 0 Å². The molecular formula is C12H19N3. The Bertz CT molecular complexity index is 334. The molecule has 0 saturated carbocycles. The lowest BCUT2D eigenvalue weighted by molar-refractivity contribution is 0.790. The molecule has 82 valence electrons. The molecule has 0 radical (unpaired) electrons. The molecule has 0 aliphatic carbocycles. The molecule has 0 bridgehead atoms. The quantitative estimate of drug-likeness (QED) is 0.592. The van der Waals surface area contributed by atoms with Crippen molar-refractivity contribution in [3.63, 3.8) is 0 Å². The molecule has 0 saturated heterocycles. The van der Waals surface area contributed by atoms with E-state index in [9.17, 15) is 0 Å². The van der Waals surface area contributed by atoms with Gasteiger partial charge in [0, 0.05) is 13.6 Å². The summed E-state index contributed by atoms with van der Waals surface area (Å²) >= 11 is 0. The number of pyridine rings is 1. The fourth-order valence-electron chi connectivity index (χ4n) is 1.57. The van der Waals surface area contributed by atoms with E-state index in [2.05, 4.69) is 23.5 Å². The molecule has 1 aromatic heterocycles. The third-order valence-electron chi connectivity index (χ3n) is 2.34. The highest BCUT2D eigenvalue weighted by atomic mass is 15.2. The van der Waals surface area contributed by atoms with Crippen molar-refractivity contribution in [3.8, 4) is 0 Å². The van der Waals surface area contributed by atoms with Crippen LogP contribution in [-0.2, 0) is 0 Å². The average Bonchev–Trinajstić information content (AvgIpc) is 2.17.